The van der Waals surface area contributed by atoms with Gasteiger partial charge in [-0.2, -0.15) is 0 Å². The Morgan fingerprint density at radius 1 is 1.22 bits per heavy atom. The molecule has 2 saturated heterocycles. The number of anilines is 1. The van der Waals surface area contributed by atoms with Gasteiger partial charge in [0.05, 0.1) is 19.8 Å². The highest BCUT2D eigenvalue weighted by Crippen LogP contribution is 2.19. The Kier molecular flexibility index (Phi) is 4.80. The van der Waals surface area contributed by atoms with Crippen LogP contribution in [0.5, 0.6) is 5.88 Å². The van der Waals surface area contributed by atoms with Gasteiger partial charge in [-0.1, -0.05) is 0 Å². The molecule has 2 aliphatic rings. The van der Waals surface area contributed by atoms with E-state index in [1.807, 2.05) is 40.9 Å². The zero-order valence-corrected chi connectivity index (χ0v) is 13.6. The SMILES string of the molecule is CN(C)c1ccc(OC2CCN(C(=O)N3CCOCC3)C2)nn1. The molecular formula is C15H23N5O3. The summed E-state index contributed by atoms with van der Waals surface area (Å²) in [6, 6.07) is 3.76. The fraction of sp³-hybridized carbons (Fsp3) is 0.667. The molecule has 126 valence electrons. The molecule has 0 bridgehead atoms. The lowest BCUT2D eigenvalue weighted by Crippen LogP contribution is -2.47. The van der Waals surface area contributed by atoms with Gasteiger partial charge in [-0.3, -0.25) is 0 Å². The molecule has 0 aliphatic carbocycles. The van der Waals surface area contributed by atoms with E-state index in [1.165, 1.54) is 0 Å². The van der Waals surface area contributed by atoms with Crippen molar-refractivity contribution >= 4 is 11.8 Å². The van der Waals surface area contributed by atoms with Crippen molar-refractivity contribution in [2.45, 2.75) is 12.5 Å². The van der Waals surface area contributed by atoms with E-state index >= 15 is 0 Å². The van der Waals surface area contributed by atoms with Crippen molar-refractivity contribution in [3.05, 3.63) is 12.1 Å². The van der Waals surface area contributed by atoms with Crippen LogP contribution in [-0.4, -0.2) is 85.6 Å². The third kappa shape index (κ3) is 3.82. The van der Waals surface area contributed by atoms with Crippen molar-refractivity contribution in [2.24, 2.45) is 0 Å². The molecule has 0 N–H and O–H groups in total. The molecule has 0 spiro atoms. The zero-order chi connectivity index (χ0) is 16.2. The molecule has 3 heterocycles. The maximum atomic E-state index is 12.4. The van der Waals surface area contributed by atoms with Gasteiger partial charge >= 0.3 is 6.03 Å². The Morgan fingerprint density at radius 3 is 2.65 bits per heavy atom. The first-order valence-electron chi connectivity index (χ1n) is 7.93. The molecule has 0 radical (unpaired) electrons. The summed E-state index contributed by atoms with van der Waals surface area (Å²) in [6.07, 6.45) is 0.784. The molecular weight excluding hydrogens is 298 g/mol. The van der Waals surface area contributed by atoms with Crippen molar-refractivity contribution in [3.8, 4) is 5.88 Å². The topological polar surface area (TPSA) is 71.0 Å². The Labute approximate surface area is 136 Å². The number of rotatable bonds is 3. The van der Waals surface area contributed by atoms with Crippen LogP contribution in [0.4, 0.5) is 10.6 Å². The van der Waals surface area contributed by atoms with E-state index < -0.39 is 0 Å². The van der Waals surface area contributed by atoms with Gasteiger partial charge in [0, 0.05) is 46.2 Å². The number of likely N-dealkylation sites (tertiary alicyclic amines) is 1. The first-order chi connectivity index (χ1) is 11.1. The van der Waals surface area contributed by atoms with E-state index in [9.17, 15) is 4.79 Å². The molecule has 0 aromatic carbocycles. The predicted octanol–water partition coefficient (Wildman–Crippen LogP) is 0.448. The highest BCUT2D eigenvalue weighted by Gasteiger charge is 2.31. The number of hydrogen-bond donors (Lipinski definition) is 0. The van der Waals surface area contributed by atoms with Crippen LogP contribution >= 0.6 is 0 Å². The molecule has 1 atom stereocenters. The molecule has 2 aliphatic heterocycles. The minimum Gasteiger partial charge on any atom is -0.471 e. The second-order valence-corrected chi connectivity index (χ2v) is 5.98. The minimum absolute atomic E-state index is 0.0282. The summed E-state index contributed by atoms with van der Waals surface area (Å²) in [4.78, 5) is 18.0. The maximum Gasteiger partial charge on any atom is 0.320 e. The third-order valence-corrected chi connectivity index (χ3v) is 4.07. The van der Waals surface area contributed by atoms with Gasteiger partial charge in [0.2, 0.25) is 5.88 Å². The quantitative estimate of drug-likeness (QED) is 0.805. The van der Waals surface area contributed by atoms with Gasteiger partial charge in [0.25, 0.3) is 0 Å². The van der Waals surface area contributed by atoms with E-state index in [4.69, 9.17) is 9.47 Å². The number of amides is 2. The van der Waals surface area contributed by atoms with E-state index in [0.717, 1.165) is 12.2 Å². The van der Waals surface area contributed by atoms with E-state index in [1.54, 1.807) is 0 Å². The van der Waals surface area contributed by atoms with Crippen molar-refractivity contribution < 1.29 is 14.3 Å². The number of carbonyl (C=O) groups is 1. The monoisotopic (exact) mass is 321 g/mol. The Balaban J connectivity index is 1.52. The molecule has 8 heteroatoms. The Morgan fingerprint density at radius 2 is 2.00 bits per heavy atom. The fourth-order valence-corrected chi connectivity index (χ4v) is 2.74. The van der Waals surface area contributed by atoms with Crippen LogP contribution in [0.3, 0.4) is 0 Å². The summed E-state index contributed by atoms with van der Waals surface area (Å²) < 4.78 is 11.1. The first-order valence-corrected chi connectivity index (χ1v) is 7.93. The highest BCUT2D eigenvalue weighted by molar-refractivity contribution is 5.75. The summed E-state index contributed by atoms with van der Waals surface area (Å²) in [7, 11) is 3.83. The molecule has 1 unspecified atom stereocenters. The number of morpholine rings is 1. The molecule has 23 heavy (non-hydrogen) atoms. The third-order valence-electron chi connectivity index (χ3n) is 4.07. The lowest BCUT2D eigenvalue weighted by molar-refractivity contribution is 0.0443. The van der Waals surface area contributed by atoms with Gasteiger partial charge in [0.1, 0.15) is 6.10 Å². The van der Waals surface area contributed by atoms with E-state index in [-0.39, 0.29) is 12.1 Å². The van der Waals surface area contributed by atoms with E-state index in [0.29, 0.717) is 45.3 Å². The smallest absolute Gasteiger partial charge is 0.320 e. The van der Waals surface area contributed by atoms with Gasteiger partial charge < -0.3 is 24.2 Å². The van der Waals surface area contributed by atoms with Gasteiger partial charge in [0.15, 0.2) is 5.82 Å². The van der Waals surface area contributed by atoms with Crippen LogP contribution in [0.2, 0.25) is 0 Å². The Hall–Kier alpha value is -2.09. The van der Waals surface area contributed by atoms with Crippen LogP contribution in [0, 0.1) is 0 Å². The lowest BCUT2D eigenvalue weighted by atomic mass is 10.3. The minimum atomic E-state index is -0.0282. The average molecular weight is 321 g/mol. The number of carbonyl (C=O) groups excluding carboxylic acids is 1. The molecule has 2 amide bonds. The number of aromatic nitrogens is 2. The van der Waals surface area contributed by atoms with Crippen molar-refractivity contribution in [1.82, 2.24) is 20.0 Å². The van der Waals surface area contributed by atoms with Gasteiger partial charge in [-0.15, -0.1) is 10.2 Å². The molecule has 2 fully saturated rings. The molecule has 3 rings (SSSR count). The van der Waals surface area contributed by atoms with Crippen LogP contribution in [0.15, 0.2) is 12.1 Å². The van der Waals surface area contributed by atoms with Crippen LogP contribution in [0.1, 0.15) is 6.42 Å². The normalized spacial score (nSPS) is 21.4. The van der Waals surface area contributed by atoms with Gasteiger partial charge in [-0.05, 0) is 6.07 Å². The van der Waals surface area contributed by atoms with Crippen LogP contribution in [-0.2, 0) is 4.74 Å². The summed E-state index contributed by atoms with van der Waals surface area (Å²) in [5.41, 5.74) is 0. The number of hydrogen-bond acceptors (Lipinski definition) is 6. The van der Waals surface area contributed by atoms with Crippen LogP contribution in [0.25, 0.3) is 0 Å². The maximum absolute atomic E-state index is 12.4. The van der Waals surface area contributed by atoms with Crippen molar-refractivity contribution in [2.75, 3.05) is 58.4 Å². The van der Waals surface area contributed by atoms with Crippen LogP contribution < -0.4 is 9.64 Å². The standard InChI is InChI=1S/C15H23N5O3/c1-18(2)13-3-4-14(17-16-13)23-12-5-6-20(11-12)15(21)19-7-9-22-10-8-19/h3-4,12H,5-11H2,1-2H3. The summed E-state index contributed by atoms with van der Waals surface area (Å²) in [5.74, 6) is 1.29. The number of nitrogens with zero attached hydrogens (tertiary/aromatic N) is 5. The molecule has 1 aromatic heterocycles. The second-order valence-electron chi connectivity index (χ2n) is 5.98. The zero-order valence-electron chi connectivity index (χ0n) is 13.6. The lowest BCUT2D eigenvalue weighted by Gasteiger charge is -2.30. The second kappa shape index (κ2) is 6.99. The van der Waals surface area contributed by atoms with Crippen molar-refractivity contribution in [3.63, 3.8) is 0 Å². The summed E-state index contributed by atoms with van der Waals surface area (Å²) in [5, 5.41) is 8.17. The molecule has 0 saturated carbocycles. The largest absolute Gasteiger partial charge is 0.471 e. The number of urea groups is 1. The summed E-state index contributed by atoms with van der Waals surface area (Å²) in [6.45, 7) is 3.87. The Bertz CT molecular complexity index is 530. The highest BCUT2D eigenvalue weighted by atomic mass is 16.5. The predicted molar refractivity (Wildman–Crippen MR) is 84.8 cm³/mol. The molecule has 8 nitrogen and oxygen atoms in total. The molecule has 1 aromatic rings. The van der Waals surface area contributed by atoms with Crippen molar-refractivity contribution in [1.29, 1.82) is 0 Å². The first kappa shape index (κ1) is 15.8. The average Bonchev–Trinajstić information content (AvgIpc) is 3.04. The summed E-state index contributed by atoms with van der Waals surface area (Å²) >= 11 is 0. The number of ether oxygens (including phenoxy) is 2. The fourth-order valence-electron chi connectivity index (χ4n) is 2.74. The van der Waals surface area contributed by atoms with E-state index in [2.05, 4.69) is 10.2 Å². The van der Waals surface area contributed by atoms with Gasteiger partial charge in [-0.25, -0.2) is 4.79 Å².